The highest BCUT2D eigenvalue weighted by molar-refractivity contribution is 7.10. The Kier molecular flexibility index (Phi) is 4.76. The summed E-state index contributed by atoms with van der Waals surface area (Å²) in [4.78, 5) is 1.25. The first-order valence-corrected chi connectivity index (χ1v) is 7.12. The minimum absolute atomic E-state index is 0.106. The van der Waals surface area contributed by atoms with Gasteiger partial charge in [0.2, 0.25) is 0 Å². The lowest BCUT2D eigenvalue weighted by atomic mass is 9.82. The van der Waals surface area contributed by atoms with Crippen molar-refractivity contribution in [1.29, 1.82) is 0 Å². The van der Waals surface area contributed by atoms with Crippen molar-refractivity contribution in [2.75, 3.05) is 6.54 Å². The molecule has 3 heteroatoms. The van der Waals surface area contributed by atoms with Gasteiger partial charge in [0.05, 0.1) is 6.04 Å². The van der Waals surface area contributed by atoms with E-state index in [1.165, 1.54) is 4.88 Å². The molecule has 0 aromatic carbocycles. The zero-order valence-electron chi connectivity index (χ0n) is 11.7. The third-order valence-electron chi connectivity index (χ3n) is 2.68. The van der Waals surface area contributed by atoms with Crippen LogP contribution in [-0.4, -0.2) is 12.1 Å². The van der Waals surface area contributed by atoms with E-state index in [9.17, 15) is 0 Å². The van der Waals surface area contributed by atoms with E-state index in [2.05, 4.69) is 57.4 Å². The van der Waals surface area contributed by atoms with Gasteiger partial charge in [-0.3, -0.25) is 0 Å². The summed E-state index contributed by atoms with van der Waals surface area (Å²) in [6.45, 7) is 12.2. The molecule has 0 aliphatic rings. The molecule has 0 amide bonds. The fourth-order valence-corrected chi connectivity index (χ4v) is 3.11. The molecule has 3 N–H and O–H groups in total. The van der Waals surface area contributed by atoms with Crippen LogP contribution in [0.25, 0.3) is 0 Å². The van der Waals surface area contributed by atoms with Gasteiger partial charge < -0.3 is 11.1 Å². The van der Waals surface area contributed by atoms with Crippen molar-refractivity contribution >= 4 is 11.3 Å². The summed E-state index contributed by atoms with van der Waals surface area (Å²) in [6, 6.07) is 4.27. The minimum Gasteiger partial charge on any atom is -0.322 e. The Morgan fingerprint density at radius 1 is 1.29 bits per heavy atom. The molecule has 1 unspecified atom stereocenters. The molecule has 0 saturated carbocycles. The normalized spacial score (nSPS) is 14.9. The second-order valence-electron chi connectivity index (χ2n) is 6.62. The quantitative estimate of drug-likeness (QED) is 0.843. The Bertz CT molecular complexity index is 322. The molecule has 1 rings (SSSR count). The van der Waals surface area contributed by atoms with Gasteiger partial charge in [0.15, 0.2) is 0 Å². The number of nitrogens with one attached hydrogen (secondary N) is 1. The highest BCUT2D eigenvalue weighted by Crippen LogP contribution is 2.27. The second kappa shape index (κ2) is 5.51. The smallest absolute Gasteiger partial charge is 0.0516 e. The van der Waals surface area contributed by atoms with E-state index in [0.717, 1.165) is 13.0 Å². The summed E-state index contributed by atoms with van der Waals surface area (Å²) in [5.41, 5.74) is 6.63. The fourth-order valence-electron chi connectivity index (χ4n) is 2.38. The summed E-state index contributed by atoms with van der Waals surface area (Å²) in [5.74, 6) is 0. The lowest BCUT2D eigenvalue weighted by Crippen LogP contribution is -2.45. The molecule has 0 saturated heterocycles. The van der Waals surface area contributed by atoms with Crippen LogP contribution in [0.15, 0.2) is 17.5 Å². The van der Waals surface area contributed by atoms with Crippen LogP contribution in [0.3, 0.4) is 0 Å². The first-order chi connectivity index (χ1) is 7.70. The van der Waals surface area contributed by atoms with E-state index in [4.69, 9.17) is 5.73 Å². The van der Waals surface area contributed by atoms with Crippen LogP contribution in [-0.2, 0) is 0 Å². The van der Waals surface area contributed by atoms with Gasteiger partial charge in [0.25, 0.3) is 0 Å². The van der Waals surface area contributed by atoms with Gasteiger partial charge in [-0.2, -0.15) is 0 Å². The SMILES string of the molecule is CC(C)(C)CC(C)(C)NCC(N)c1cccs1. The summed E-state index contributed by atoms with van der Waals surface area (Å²) >= 11 is 1.73. The average Bonchev–Trinajstić information content (AvgIpc) is 2.63. The predicted molar refractivity (Wildman–Crippen MR) is 77.4 cm³/mol. The number of hydrogen-bond acceptors (Lipinski definition) is 3. The van der Waals surface area contributed by atoms with Gasteiger partial charge >= 0.3 is 0 Å². The maximum absolute atomic E-state index is 6.16. The monoisotopic (exact) mass is 254 g/mol. The average molecular weight is 254 g/mol. The second-order valence-corrected chi connectivity index (χ2v) is 7.60. The summed E-state index contributed by atoms with van der Waals surface area (Å²) in [6.07, 6.45) is 1.14. The van der Waals surface area contributed by atoms with Gasteiger partial charge in [0.1, 0.15) is 0 Å². The fraction of sp³-hybridized carbons (Fsp3) is 0.714. The lowest BCUT2D eigenvalue weighted by Gasteiger charge is -2.34. The van der Waals surface area contributed by atoms with Crippen LogP contribution in [0.4, 0.5) is 0 Å². The Morgan fingerprint density at radius 2 is 1.94 bits per heavy atom. The molecule has 1 atom stereocenters. The zero-order chi connectivity index (χ0) is 13.1. The molecule has 17 heavy (non-hydrogen) atoms. The Balaban J connectivity index is 2.44. The molecule has 0 radical (unpaired) electrons. The summed E-state index contributed by atoms with van der Waals surface area (Å²) in [7, 11) is 0. The van der Waals surface area contributed by atoms with Crippen molar-refractivity contribution in [2.45, 2.75) is 52.6 Å². The summed E-state index contributed by atoms with van der Waals surface area (Å²) in [5, 5.41) is 5.66. The largest absolute Gasteiger partial charge is 0.322 e. The molecule has 1 heterocycles. The summed E-state index contributed by atoms with van der Waals surface area (Å²) < 4.78 is 0. The van der Waals surface area contributed by atoms with Crippen molar-refractivity contribution in [3.8, 4) is 0 Å². The van der Waals surface area contributed by atoms with Crippen molar-refractivity contribution in [3.63, 3.8) is 0 Å². The van der Waals surface area contributed by atoms with Crippen LogP contribution in [0, 0.1) is 5.41 Å². The van der Waals surface area contributed by atoms with Gasteiger partial charge in [0, 0.05) is 17.0 Å². The Labute approximate surface area is 110 Å². The number of nitrogens with two attached hydrogens (primary N) is 1. The van der Waals surface area contributed by atoms with E-state index >= 15 is 0 Å². The Hall–Kier alpha value is -0.380. The molecular formula is C14H26N2S. The minimum atomic E-state index is 0.106. The first-order valence-electron chi connectivity index (χ1n) is 6.24. The van der Waals surface area contributed by atoms with Gasteiger partial charge in [-0.05, 0) is 37.1 Å². The molecule has 1 aromatic heterocycles. The van der Waals surface area contributed by atoms with Gasteiger partial charge in [-0.25, -0.2) is 0 Å². The molecule has 0 spiro atoms. The van der Waals surface area contributed by atoms with E-state index in [-0.39, 0.29) is 11.6 Å². The number of thiophene rings is 1. The lowest BCUT2D eigenvalue weighted by molar-refractivity contribution is 0.239. The first kappa shape index (κ1) is 14.7. The molecule has 2 nitrogen and oxygen atoms in total. The van der Waals surface area contributed by atoms with Crippen LogP contribution < -0.4 is 11.1 Å². The van der Waals surface area contributed by atoms with Crippen LogP contribution in [0.1, 0.15) is 52.0 Å². The maximum Gasteiger partial charge on any atom is 0.0516 e. The third kappa shape index (κ3) is 5.66. The van der Waals surface area contributed by atoms with Crippen LogP contribution in [0.5, 0.6) is 0 Å². The van der Waals surface area contributed by atoms with E-state index in [1.807, 2.05) is 0 Å². The Morgan fingerprint density at radius 3 is 2.41 bits per heavy atom. The van der Waals surface area contributed by atoms with Crippen LogP contribution in [0.2, 0.25) is 0 Å². The highest BCUT2D eigenvalue weighted by Gasteiger charge is 2.25. The molecule has 98 valence electrons. The maximum atomic E-state index is 6.16. The zero-order valence-corrected chi connectivity index (χ0v) is 12.5. The molecule has 1 aromatic rings. The highest BCUT2D eigenvalue weighted by atomic mass is 32.1. The van der Waals surface area contributed by atoms with Crippen molar-refractivity contribution in [3.05, 3.63) is 22.4 Å². The number of hydrogen-bond donors (Lipinski definition) is 2. The molecule has 0 bridgehead atoms. The van der Waals surface area contributed by atoms with E-state index in [1.54, 1.807) is 11.3 Å². The molecule has 0 aliphatic heterocycles. The van der Waals surface area contributed by atoms with E-state index in [0.29, 0.717) is 5.41 Å². The van der Waals surface area contributed by atoms with E-state index < -0.39 is 0 Å². The topological polar surface area (TPSA) is 38.0 Å². The van der Waals surface area contributed by atoms with Crippen molar-refractivity contribution in [1.82, 2.24) is 5.32 Å². The van der Waals surface area contributed by atoms with Crippen LogP contribution >= 0.6 is 11.3 Å². The predicted octanol–water partition coefficient (Wildman–Crippen LogP) is 3.55. The third-order valence-corrected chi connectivity index (χ3v) is 3.69. The molecular weight excluding hydrogens is 228 g/mol. The van der Waals surface area contributed by atoms with Crippen molar-refractivity contribution < 1.29 is 0 Å². The molecule has 0 fully saturated rings. The van der Waals surface area contributed by atoms with Gasteiger partial charge in [-0.1, -0.05) is 26.8 Å². The molecule has 0 aliphatic carbocycles. The standard InChI is InChI=1S/C14H26N2S/c1-13(2,3)10-14(4,5)16-9-11(15)12-7-6-8-17-12/h6-8,11,16H,9-10,15H2,1-5H3. The van der Waals surface area contributed by atoms with Gasteiger partial charge in [-0.15, -0.1) is 11.3 Å². The number of rotatable bonds is 5. The van der Waals surface area contributed by atoms with Crippen molar-refractivity contribution in [2.24, 2.45) is 11.1 Å².